The number of rotatable bonds is 6. The number of carbonyl (C=O) groups excluding carboxylic acids is 1. The molecule has 0 fully saturated rings. The number of thiophene rings is 1. The SMILES string of the molecule is CC(O)c1ccccc1NC(=O)CCCc1cccs1. The van der Waals surface area contributed by atoms with Crippen molar-refractivity contribution >= 4 is 22.9 Å². The Hall–Kier alpha value is -1.65. The van der Waals surface area contributed by atoms with Crippen LogP contribution in [-0.2, 0) is 11.2 Å². The third kappa shape index (κ3) is 4.18. The van der Waals surface area contributed by atoms with Gasteiger partial charge in [-0.1, -0.05) is 24.3 Å². The van der Waals surface area contributed by atoms with E-state index >= 15 is 0 Å². The van der Waals surface area contributed by atoms with Crippen molar-refractivity contribution in [1.82, 2.24) is 0 Å². The molecule has 0 saturated heterocycles. The summed E-state index contributed by atoms with van der Waals surface area (Å²) < 4.78 is 0. The topological polar surface area (TPSA) is 49.3 Å². The van der Waals surface area contributed by atoms with Crippen LogP contribution in [-0.4, -0.2) is 11.0 Å². The first kappa shape index (κ1) is 14.8. The third-order valence-electron chi connectivity index (χ3n) is 3.09. The van der Waals surface area contributed by atoms with Gasteiger partial charge in [0.2, 0.25) is 5.91 Å². The van der Waals surface area contributed by atoms with Gasteiger partial charge in [-0.05, 0) is 37.3 Å². The summed E-state index contributed by atoms with van der Waals surface area (Å²) in [4.78, 5) is 13.2. The van der Waals surface area contributed by atoms with Crippen LogP contribution < -0.4 is 5.32 Å². The van der Waals surface area contributed by atoms with Crippen LogP contribution in [0.15, 0.2) is 41.8 Å². The molecule has 1 heterocycles. The zero-order valence-corrected chi connectivity index (χ0v) is 12.3. The minimum Gasteiger partial charge on any atom is -0.389 e. The van der Waals surface area contributed by atoms with E-state index in [0.29, 0.717) is 12.1 Å². The van der Waals surface area contributed by atoms with Gasteiger partial charge in [-0.25, -0.2) is 0 Å². The Balaban J connectivity index is 1.85. The molecule has 0 aliphatic heterocycles. The fourth-order valence-corrected chi connectivity index (χ4v) is 2.82. The van der Waals surface area contributed by atoms with E-state index in [1.165, 1.54) is 4.88 Å². The quantitative estimate of drug-likeness (QED) is 0.850. The van der Waals surface area contributed by atoms with Crippen molar-refractivity contribution in [2.24, 2.45) is 0 Å². The molecule has 2 N–H and O–H groups in total. The highest BCUT2D eigenvalue weighted by molar-refractivity contribution is 7.09. The number of aliphatic hydroxyl groups excluding tert-OH is 1. The van der Waals surface area contributed by atoms with Gasteiger partial charge in [0.15, 0.2) is 0 Å². The molecule has 20 heavy (non-hydrogen) atoms. The fraction of sp³-hybridized carbons (Fsp3) is 0.312. The third-order valence-corrected chi connectivity index (χ3v) is 4.03. The molecule has 1 atom stereocenters. The summed E-state index contributed by atoms with van der Waals surface area (Å²) in [5.74, 6) is -0.00495. The molecule has 1 amide bonds. The summed E-state index contributed by atoms with van der Waals surface area (Å²) in [5, 5.41) is 14.6. The molecule has 3 nitrogen and oxygen atoms in total. The molecule has 1 aromatic carbocycles. The van der Waals surface area contributed by atoms with Crippen LogP contribution in [0, 0.1) is 0 Å². The maximum absolute atomic E-state index is 11.9. The van der Waals surface area contributed by atoms with E-state index < -0.39 is 6.10 Å². The van der Waals surface area contributed by atoms with Crippen molar-refractivity contribution in [3.63, 3.8) is 0 Å². The molecule has 106 valence electrons. The standard InChI is InChI=1S/C16H19NO2S/c1-12(18)14-8-2-3-9-15(14)17-16(19)10-4-6-13-7-5-11-20-13/h2-3,5,7-9,11-12,18H,4,6,10H2,1H3,(H,17,19). The average Bonchev–Trinajstić information content (AvgIpc) is 2.92. The second-order valence-electron chi connectivity index (χ2n) is 4.74. The van der Waals surface area contributed by atoms with Crippen LogP contribution in [0.4, 0.5) is 5.69 Å². The van der Waals surface area contributed by atoms with Crippen molar-refractivity contribution in [3.05, 3.63) is 52.2 Å². The summed E-state index contributed by atoms with van der Waals surface area (Å²) in [5.41, 5.74) is 1.45. The molecular formula is C16H19NO2S. The molecule has 0 spiro atoms. The van der Waals surface area contributed by atoms with E-state index in [4.69, 9.17) is 0 Å². The van der Waals surface area contributed by atoms with Crippen LogP contribution >= 0.6 is 11.3 Å². The van der Waals surface area contributed by atoms with Gasteiger partial charge >= 0.3 is 0 Å². The van der Waals surface area contributed by atoms with Gasteiger partial charge in [-0.2, -0.15) is 0 Å². The molecule has 1 unspecified atom stereocenters. The van der Waals surface area contributed by atoms with Crippen LogP contribution in [0.1, 0.15) is 36.3 Å². The molecular weight excluding hydrogens is 270 g/mol. The number of benzene rings is 1. The minimum atomic E-state index is -0.586. The van der Waals surface area contributed by atoms with Gasteiger partial charge in [0.25, 0.3) is 0 Å². The number of nitrogens with one attached hydrogen (secondary N) is 1. The highest BCUT2D eigenvalue weighted by atomic mass is 32.1. The first-order valence-corrected chi connectivity index (χ1v) is 7.64. The van der Waals surface area contributed by atoms with Gasteiger partial charge in [0.1, 0.15) is 0 Å². The Bertz CT molecular complexity index is 549. The van der Waals surface area contributed by atoms with Gasteiger partial charge < -0.3 is 10.4 Å². The van der Waals surface area contributed by atoms with Crippen LogP contribution in [0.5, 0.6) is 0 Å². The maximum atomic E-state index is 11.9. The van der Waals surface area contributed by atoms with Crippen molar-refractivity contribution in [1.29, 1.82) is 0 Å². The van der Waals surface area contributed by atoms with E-state index in [0.717, 1.165) is 18.4 Å². The highest BCUT2D eigenvalue weighted by Crippen LogP contribution is 2.22. The summed E-state index contributed by atoms with van der Waals surface area (Å²) in [7, 11) is 0. The van der Waals surface area contributed by atoms with Crippen LogP contribution in [0.3, 0.4) is 0 Å². The molecule has 0 aliphatic carbocycles. The monoisotopic (exact) mass is 289 g/mol. The van der Waals surface area contributed by atoms with Crippen molar-refractivity contribution in [2.45, 2.75) is 32.3 Å². The fourth-order valence-electron chi connectivity index (χ4n) is 2.07. The Morgan fingerprint density at radius 1 is 1.30 bits per heavy atom. The van der Waals surface area contributed by atoms with Crippen LogP contribution in [0.2, 0.25) is 0 Å². The normalized spacial score (nSPS) is 12.1. The lowest BCUT2D eigenvalue weighted by Crippen LogP contribution is -2.13. The lowest BCUT2D eigenvalue weighted by Gasteiger charge is -2.12. The summed E-state index contributed by atoms with van der Waals surface area (Å²) in [6.07, 6.45) is 1.68. The first-order valence-electron chi connectivity index (χ1n) is 6.76. The molecule has 4 heteroatoms. The number of anilines is 1. The molecule has 2 aromatic rings. The lowest BCUT2D eigenvalue weighted by molar-refractivity contribution is -0.116. The Morgan fingerprint density at radius 3 is 2.80 bits per heavy atom. The van der Waals surface area contributed by atoms with E-state index in [9.17, 15) is 9.90 Å². The van der Waals surface area contributed by atoms with Gasteiger partial charge in [-0.15, -0.1) is 11.3 Å². The summed E-state index contributed by atoms with van der Waals surface area (Å²) >= 11 is 1.72. The minimum absolute atomic E-state index is 0.00495. The number of amides is 1. The molecule has 2 rings (SSSR count). The number of hydrogen-bond donors (Lipinski definition) is 2. The van der Waals surface area contributed by atoms with Crippen LogP contribution in [0.25, 0.3) is 0 Å². The van der Waals surface area contributed by atoms with E-state index in [1.807, 2.05) is 35.7 Å². The lowest BCUT2D eigenvalue weighted by atomic mass is 10.1. The Morgan fingerprint density at radius 2 is 2.10 bits per heavy atom. The molecule has 0 radical (unpaired) electrons. The number of aliphatic hydroxyl groups is 1. The largest absolute Gasteiger partial charge is 0.389 e. The smallest absolute Gasteiger partial charge is 0.224 e. The van der Waals surface area contributed by atoms with Crippen molar-refractivity contribution in [2.75, 3.05) is 5.32 Å². The predicted octanol–water partition coefficient (Wildman–Crippen LogP) is 3.76. The second-order valence-corrected chi connectivity index (χ2v) is 5.78. The first-order chi connectivity index (χ1) is 9.66. The molecule has 1 aromatic heterocycles. The molecule has 0 saturated carbocycles. The Kier molecular flexibility index (Phi) is 5.32. The number of carbonyl (C=O) groups is 1. The molecule has 0 bridgehead atoms. The van der Waals surface area contributed by atoms with E-state index in [1.54, 1.807) is 18.3 Å². The van der Waals surface area contributed by atoms with Crippen molar-refractivity contribution < 1.29 is 9.90 Å². The zero-order chi connectivity index (χ0) is 14.4. The van der Waals surface area contributed by atoms with Crippen molar-refractivity contribution in [3.8, 4) is 0 Å². The molecule has 0 aliphatic rings. The van der Waals surface area contributed by atoms with E-state index in [-0.39, 0.29) is 5.91 Å². The van der Waals surface area contributed by atoms with Gasteiger partial charge in [0.05, 0.1) is 6.10 Å². The highest BCUT2D eigenvalue weighted by Gasteiger charge is 2.09. The van der Waals surface area contributed by atoms with E-state index in [2.05, 4.69) is 11.4 Å². The average molecular weight is 289 g/mol. The van der Waals surface area contributed by atoms with Gasteiger partial charge in [-0.3, -0.25) is 4.79 Å². The second kappa shape index (κ2) is 7.22. The maximum Gasteiger partial charge on any atom is 0.224 e. The summed E-state index contributed by atoms with van der Waals surface area (Å²) in [6.45, 7) is 1.70. The predicted molar refractivity (Wildman–Crippen MR) is 83.0 cm³/mol. The summed E-state index contributed by atoms with van der Waals surface area (Å²) in [6, 6.07) is 11.5. The number of para-hydroxylation sites is 1. The zero-order valence-electron chi connectivity index (χ0n) is 11.5. The Labute approximate surface area is 123 Å². The van der Waals surface area contributed by atoms with Gasteiger partial charge in [0, 0.05) is 22.5 Å². The number of hydrogen-bond acceptors (Lipinski definition) is 3. The number of aryl methyl sites for hydroxylation is 1.